The summed E-state index contributed by atoms with van der Waals surface area (Å²) >= 11 is 0. The highest BCUT2D eigenvalue weighted by atomic mass is 16.3. The molecule has 56 heavy (non-hydrogen) atoms. The van der Waals surface area contributed by atoms with E-state index in [1.807, 2.05) is 78.9 Å². The largest absolute Gasteiger partial charge is 0.456 e. The predicted molar refractivity (Wildman–Crippen MR) is 226 cm³/mol. The summed E-state index contributed by atoms with van der Waals surface area (Å²) in [5.74, 6) is 0. The second-order valence-electron chi connectivity index (χ2n) is 14.2. The van der Waals surface area contributed by atoms with Crippen LogP contribution in [0.2, 0.25) is 0 Å². The fraction of sp³-hybridized carbons (Fsp3) is 0. The van der Waals surface area contributed by atoms with Gasteiger partial charge in [0.05, 0.1) is 51.3 Å². The molecule has 0 bridgehead atoms. The van der Waals surface area contributed by atoms with Gasteiger partial charge in [0.15, 0.2) is 0 Å². The van der Waals surface area contributed by atoms with Gasteiger partial charge in [-0.05, 0) is 66.2 Å². The molecule has 4 heterocycles. The molecule has 0 radical (unpaired) electrons. The van der Waals surface area contributed by atoms with E-state index in [1.54, 1.807) is 0 Å². The molecule has 0 amide bonds. The quantitative estimate of drug-likeness (QED) is 0.171. The number of hydrogen-bond acceptors (Lipinski definition) is 3. The van der Waals surface area contributed by atoms with Crippen LogP contribution in [-0.2, 0) is 0 Å². The van der Waals surface area contributed by atoms with Gasteiger partial charge in [-0.15, -0.1) is 0 Å². The third-order valence-corrected chi connectivity index (χ3v) is 11.4. The van der Waals surface area contributed by atoms with Gasteiger partial charge in [-0.3, -0.25) is 0 Å². The van der Waals surface area contributed by atoms with Crippen LogP contribution in [0.25, 0.3) is 115 Å². The van der Waals surface area contributed by atoms with Crippen molar-refractivity contribution in [1.29, 1.82) is 5.26 Å². The first-order valence-electron chi connectivity index (χ1n) is 18.4. The van der Waals surface area contributed by atoms with Crippen molar-refractivity contribution in [1.82, 2.24) is 9.13 Å². The molecule has 0 unspecified atom stereocenters. The molecule has 0 spiro atoms. The van der Waals surface area contributed by atoms with E-state index in [1.165, 1.54) is 0 Å². The minimum absolute atomic E-state index is 0.492. The van der Waals surface area contributed by atoms with Crippen LogP contribution in [0.15, 0.2) is 167 Å². The lowest BCUT2D eigenvalue weighted by Crippen LogP contribution is -2.00. The van der Waals surface area contributed by atoms with Gasteiger partial charge in [-0.2, -0.15) is 5.26 Å². The summed E-state index contributed by atoms with van der Waals surface area (Å²) in [6, 6.07) is 55.8. The highest BCUT2D eigenvalue weighted by molar-refractivity contribution is 6.24. The van der Waals surface area contributed by atoms with Crippen molar-refractivity contribution in [2.75, 3.05) is 0 Å². The molecule has 258 valence electrons. The van der Waals surface area contributed by atoms with Gasteiger partial charge < -0.3 is 18.0 Å². The fourth-order valence-electron chi connectivity index (χ4n) is 9.03. The van der Waals surface area contributed by atoms with Gasteiger partial charge in [-0.25, -0.2) is 4.85 Å². The van der Waals surface area contributed by atoms with E-state index in [-0.39, 0.29) is 0 Å². The normalized spacial score (nSPS) is 11.9. The van der Waals surface area contributed by atoms with Crippen LogP contribution in [-0.4, -0.2) is 9.13 Å². The molecule has 12 aromatic rings. The molecule has 0 aliphatic rings. The van der Waals surface area contributed by atoms with Gasteiger partial charge >= 0.3 is 0 Å². The summed E-state index contributed by atoms with van der Waals surface area (Å²) in [5.41, 5.74) is 11.4. The number of nitrogens with zero attached hydrogens (tertiary/aromatic N) is 4. The average molecular weight is 715 g/mol. The monoisotopic (exact) mass is 714 g/mol. The number of fused-ring (bicyclic) bond motifs is 13. The van der Waals surface area contributed by atoms with E-state index >= 15 is 0 Å². The number of benzene rings is 8. The summed E-state index contributed by atoms with van der Waals surface area (Å²) in [5, 5.41) is 19.4. The standard InChI is InChI=1S/C50H26N4O2/c1-52-40-16-10-15-35(49(40)54-42-18-7-3-12-33(42)38-27-47-39(26-43(38)54)34-13-4-8-19-44(34)56-47)31-22-21-30(25-29(31)28-51)53-41-17-6-2-11-32(41)36-23-24-46-48(50(36)53)37-14-5-9-20-45(37)55-46/h2-27H. The molecule has 0 N–H and O–H groups in total. The maximum atomic E-state index is 10.9. The predicted octanol–water partition coefficient (Wildman–Crippen LogP) is 13.8. The van der Waals surface area contributed by atoms with Crippen molar-refractivity contribution in [3.05, 3.63) is 175 Å². The molecule has 0 saturated carbocycles. The maximum Gasteiger partial charge on any atom is 0.211 e. The number of furan rings is 2. The Bertz CT molecular complexity index is 3750. The summed E-state index contributed by atoms with van der Waals surface area (Å²) in [7, 11) is 0. The number of para-hydroxylation sites is 5. The molecule has 0 atom stereocenters. The van der Waals surface area contributed by atoms with Gasteiger partial charge in [0.1, 0.15) is 22.3 Å². The molecule has 4 aromatic heterocycles. The highest BCUT2D eigenvalue weighted by Gasteiger charge is 2.24. The van der Waals surface area contributed by atoms with Crippen LogP contribution < -0.4 is 0 Å². The smallest absolute Gasteiger partial charge is 0.211 e. The summed E-state index contributed by atoms with van der Waals surface area (Å²) < 4.78 is 17.1. The topological polar surface area (TPSA) is 64.3 Å². The Kier molecular flexibility index (Phi) is 6.10. The molecule has 6 nitrogen and oxygen atoms in total. The first-order valence-corrected chi connectivity index (χ1v) is 18.4. The number of hydrogen-bond donors (Lipinski definition) is 0. The second kappa shape index (κ2) is 11.2. The van der Waals surface area contributed by atoms with Crippen LogP contribution in [0, 0.1) is 17.9 Å². The van der Waals surface area contributed by atoms with Crippen LogP contribution in [0.1, 0.15) is 5.56 Å². The molecule has 0 aliphatic carbocycles. The number of nitriles is 1. The summed E-state index contributed by atoms with van der Waals surface area (Å²) in [6.45, 7) is 8.39. The number of aromatic nitrogens is 2. The van der Waals surface area contributed by atoms with E-state index in [4.69, 9.17) is 15.4 Å². The lowest BCUT2D eigenvalue weighted by Gasteiger charge is -2.18. The van der Waals surface area contributed by atoms with Gasteiger partial charge in [0.2, 0.25) is 5.69 Å². The molecular formula is C50H26N4O2. The van der Waals surface area contributed by atoms with Crippen molar-refractivity contribution >= 4 is 93.2 Å². The molecule has 8 aromatic carbocycles. The van der Waals surface area contributed by atoms with Crippen LogP contribution in [0.3, 0.4) is 0 Å². The molecule has 12 rings (SSSR count). The van der Waals surface area contributed by atoms with Gasteiger partial charge in [0, 0.05) is 49.0 Å². The van der Waals surface area contributed by atoms with E-state index in [0.29, 0.717) is 11.3 Å². The van der Waals surface area contributed by atoms with Gasteiger partial charge in [0.25, 0.3) is 0 Å². The lowest BCUT2D eigenvalue weighted by atomic mass is 9.96. The minimum Gasteiger partial charge on any atom is -0.456 e. The Hall–Kier alpha value is -8.06. The van der Waals surface area contributed by atoms with Crippen molar-refractivity contribution in [2.45, 2.75) is 0 Å². The third kappa shape index (κ3) is 4.02. The first-order chi connectivity index (χ1) is 27.7. The SMILES string of the molecule is [C-]#[N+]c1cccc(-c2ccc(-n3c4ccccc4c4ccc5oc6ccccc6c5c43)cc2C#N)c1-n1c2ccccc2c2cc3oc4ccccc4c3cc21. The first kappa shape index (κ1) is 30.4. The molecule has 6 heteroatoms. The fourth-order valence-corrected chi connectivity index (χ4v) is 9.03. The minimum atomic E-state index is 0.492. The Morgan fingerprint density at radius 3 is 1.95 bits per heavy atom. The van der Waals surface area contributed by atoms with E-state index in [9.17, 15) is 5.26 Å². The summed E-state index contributed by atoms with van der Waals surface area (Å²) in [6.07, 6.45) is 0. The average Bonchev–Trinajstić information content (AvgIpc) is 3.99. The summed E-state index contributed by atoms with van der Waals surface area (Å²) in [4.78, 5) is 4.07. The third-order valence-electron chi connectivity index (χ3n) is 11.4. The highest BCUT2D eigenvalue weighted by Crippen LogP contribution is 2.45. The van der Waals surface area contributed by atoms with Crippen molar-refractivity contribution < 1.29 is 8.83 Å². The van der Waals surface area contributed by atoms with Crippen molar-refractivity contribution in [3.8, 4) is 28.6 Å². The van der Waals surface area contributed by atoms with E-state index in [0.717, 1.165) is 110 Å². The Morgan fingerprint density at radius 2 is 1.16 bits per heavy atom. The second-order valence-corrected chi connectivity index (χ2v) is 14.2. The Balaban J connectivity index is 1.14. The Morgan fingerprint density at radius 1 is 0.482 bits per heavy atom. The number of rotatable bonds is 3. The van der Waals surface area contributed by atoms with Crippen molar-refractivity contribution in [3.63, 3.8) is 0 Å². The zero-order chi connectivity index (χ0) is 37.1. The van der Waals surface area contributed by atoms with E-state index < -0.39 is 0 Å². The lowest BCUT2D eigenvalue weighted by molar-refractivity contribution is 0.669. The maximum absolute atomic E-state index is 10.9. The molecule has 0 aliphatic heterocycles. The van der Waals surface area contributed by atoms with Crippen LogP contribution in [0.5, 0.6) is 0 Å². The molecule has 0 saturated heterocycles. The van der Waals surface area contributed by atoms with Crippen LogP contribution in [0.4, 0.5) is 5.69 Å². The Labute approximate surface area is 318 Å². The van der Waals surface area contributed by atoms with Crippen molar-refractivity contribution in [2.24, 2.45) is 0 Å². The molecule has 0 fully saturated rings. The van der Waals surface area contributed by atoms with Crippen LogP contribution >= 0.6 is 0 Å². The zero-order valence-corrected chi connectivity index (χ0v) is 29.6. The van der Waals surface area contributed by atoms with Gasteiger partial charge in [-0.1, -0.05) is 97.1 Å². The zero-order valence-electron chi connectivity index (χ0n) is 29.6. The van der Waals surface area contributed by atoms with E-state index in [2.05, 4.69) is 98.9 Å². The molecular weight excluding hydrogens is 689 g/mol.